The topological polar surface area (TPSA) is 48.3 Å². The maximum Gasteiger partial charge on any atom is 0.216 e. The Bertz CT molecular complexity index is 286. The quantitative estimate of drug-likeness (QED) is 0.819. The largest absolute Gasteiger partial charge is 0.338 e. The molecule has 1 N–H and O–H groups in total. The third-order valence-corrected chi connectivity index (χ3v) is 2.46. The molecule has 1 unspecified atom stereocenters. The van der Waals surface area contributed by atoms with Gasteiger partial charge in [-0.05, 0) is 28.7 Å². The minimum Gasteiger partial charge on any atom is -0.338 e. The van der Waals surface area contributed by atoms with E-state index >= 15 is 0 Å². The number of rotatable bonds is 4. The van der Waals surface area contributed by atoms with Crippen molar-refractivity contribution in [3.63, 3.8) is 0 Å². The highest BCUT2D eigenvalue weighted by Gasteiger charge is 2.13. The van der Waals surface area contributed by atoms with E-state index in [4.69, 9.17) is 9.47 Å². The third kappa shape index (κ3) is 2.91. The molecule has 2 heterocycles. The summed E-state index contributed by atoms with van der Waals surface area (Å²) in [5, 5.41) is 7.31. The van der Waals surface area contributed by atoms with E-state index in [2.05, 4.69) is 33.0 Å². The maximum atomic E-state index is 5.42. The van der Waals surface area contributed by atoms with Crippen LogP contribution in [0.25, 0.3) is 0 Å². The Morgan fingerprint density at radius 3 is 3.36 bits per heavy atom. The fourth-order valence-electron chi connectivity index (χ4n) is 1.22. The van der Waals surface area contributed by atoms with Gasteiger partial charge in [-0.2, -0.15) is 5.10 Å². The monoisotopic (exact) mass is 309 g/mol. The van der Waals surface area contributed by atoms with Crippen LogP contribution in [0.2, 0.25) is 0 Å². The van der Waals surface area contributed by atoms with Crippen molar-refractivity contribution in [3.05, 3.63) is 16.0 Å². The number of ether oxygens (including phenoxy) is 2. The molecule has 1 aliphatic heterocycles. The Labute approximate surface area is 95.9 Å². The fourth-order valence-corrected chi connectivity index (χ4v) is 1.66. The second-order valence-corrected chi connectivity index (χ2v) is 4.03. The summed E-state index contributed by atoms with van der Waals surface area (Å²) >= 11 is 2.18. The van der Waals surface area contributed by atoms with Gasteiger partial charge in [0.25, 0.3) is 0 Å². The van der Waals surface area contributed by atoms with E-state index in [1.54, 1.807) is 0 Å². The Balaban J connectivity index is 1.67. The second-order valence-electron chi connectivity index (χ2n) is 2.93. The first kappa shape index (κ1) is 10.3. The van der Waals surface area contributed by atoms with Gasteiger partial charge in [-0.3, -0.25) is 10.00 Å². The molecule has 0 bridgehead atoms. The molecule has 1 saturated heterocycles. The molecule has 1 fully saturated rings. The molecule has 1 atom stereocenters. The van der Waals surface area contributed by atoms with E-state index in [0.29, 0.717) is 6.61 Å². The van der Waals surface area contributed by atoms with Crippen molar-refractivity contribution >= 4 is 22.6 Å². The number of aromatic nitrogens is 2. The highest BCUT2D eigenvalue weighted by Crippen LogP contribution is 2.00. The lowest BCUT2D eigenvalue weighted by Gasteiger charge is -2.10. The van der Waals surface area contributed by atoms with E-state index in [0.717, 1.165) is 23.4 Å². The van der Waals surface area contributed by atoms with Crippen molar-refractivity contribution in [3.8, 4) is 0 Å². The smallest absolute Gasteiger partial charge is 0.216 e. The third-order valence-electron chi connectivity index (χ3n) is 1.88. The first-order valence-corrected chi connectivity index (χ1v) is 5.58. The molecule has 1 aliphatic rings. The van der Waals surface area contributed by atoms with Crippen LogP contribution in [-0.4, -0.2) is 36.0 Å². The molecule has 14 heavy (non-hydrogen) atoms. The van der Waals surface area contributed by atoms with Gasteiger partial charge in [0.1, 0.15) is 3.70 Å². The van der Waals surface area contributed by atoms with E-state index < -0.39 is 0 Å². The summed E-state index contributed by atoms with van der Waals surface area (Å²) in [6.45, 7) is 2.95. The van der Waals surface area contributed by atoms with Crippen LogP contribution in [0.4, 0.5) is 0 Å². The number of hydrogen-bond acceptors (Lipinski definition) is 4. The van der Waals surface area contributed by atoms with E-state index in [1.165, 1.54) is 0 Å². The van der Waals surface area contributed by atoms with E-state index in [1.807, 2.05) is 16.9 Å². The highest BCUT2D eigenvalue weighted by molar-refractivity contribution is 14.1. The van der Waals surface area contributed by atoms with Crippen molar-refractivity contribution in [1.82, 2.24) is 15.1 Å². The molecule has 0 aromatic carbocycles. The van der Waals surface area contributed by atoms with E-state index in [9.17, 15) is 0 Å². The summed E-state index contributed by atoms with van der Waals surface area (Å²) in [5.41, 5.74) is 0. The normalized spacial score (nSPS) is 21.6. The zero-order chi connectivity index (χ0) is 9.80. The van der Waals surface area contributed by atoms with Gasteiger partial charge in [0, 0.05) is 12.7 Å². The molecule has 0 radical (unpaired) electrons. The first-order chi connectivity index (χ1) is 6.84. The predicted molar refractivity (Wildman–Crippen MR) is 58.6 cm³/mol. The molecule has 0 saturated carbocycles. The van der Waals surface area contributed by atoms with Crippen LogP contribution in [0.1, 0.15) is 0 Å². The summed E-state index contributed by atoms with van der Waals surface area (Å²) in [7, 11) is 0. The van der Waals surface area contributed by atoms with Gasteiger partial charge in [0.05, 0.1) is 19.8 Å². The zero-order valence-electron chi connectivity index (χ0n) is 7.65. The molecule has 0 aliphatic carbocycles. The van der Waals surface area contributed by atoms with Gasteiger partial charge < -0.3 is 9.47 Å². The Hall–Kier alpha value is -0.180. The number of nitrogens with one attached hydrogen (secondary N) is 1. The van der Waals surface area contributed by atoms with Crippen molar-refractivity contribution < 1.29 is 9.47 Å². The Morgan fingerprint density at radius 1 is 1.79 bits per heavy atom. The maximum absolute atomic E-state index is 5.42. The fraction of sp³-hybridized carbons (Fsp3) is 0.625. The van der Waals surface area contributed by atoms with Crippen LogP contribution in [0, 0.1) is 3.70 Å². The van der Waals surface area contributed by atoms with Crippen LogP contribution in [0.3, 0.4) is 0 Å². The lowest BCUT2D eigenvalue weighted by atomic mass is 10.7. The molecule has 5 nitrogen and oxygen atoms in total. The molecule has 1 aromatic heterocycles. The minimum atomic E-state index is -0.232. The average Bonchev–Trinajstić information content (AvgIpc) is 2.77. The molecule has 1 aromatic rings. The lowest BCUT2D eigenvalue weighted by molar-refractivity contribution is -0.124. The van der Waals surface area contributed by atoms with Crippen molar-refractivity contribution in [2.24, 2.45) is 0 Å². The molecule has 2 rings (SSSR count). The van der Waals surface area contributed by atoms with Crippen molar-refractivity contribution in [1.29, 1.82) is 0 Å². The highest BCUT2D eigenvalue weighted by atomic mass is 127. The minimum absolute atomic E-state index is 0.232. The van der Waals surface area contributed by atoms with Gasteiger partial charge in [0.2, 0.25) is 6.41 Å². The molecular formula is C8H12IN3O2. The van der Waals surface area contributed by atoms with Gasteiger partial charge in [0.15, 0.2) is 0 Å². The summed E-state index contributed by atoms with van der Waals surface area (Å²) in [6, 6.07) is 1.96. The number of hydrogen-bond donors (Lipinski definition) is 1. The van der Waals surface area contributed by atoms with Gasteiger partial charge in [-0.1, -0.05) is 0 Å². The number of nitrogens with zero attached hydrogens (tertiary/aromatic N) is 2. The van der Waals surface area contributed by atoms with Gasteiger partial charge >= 0.3 is 0 Å². The summed E-state index contributed by atoms with van der Waals surface area (Å²) in [6.07, 6.45) is 1.71. The Kier molecular flexibility index (Phi) is 3.74. The van der Waals surface area contributed by atoms with Crippen molar-refractivity contribution in [2.75, 3.05) is 19.8 Å². The summed E-state index contributed by atoms with van der Waals surface area (Å²) < 4.78 is 13.5. The SMILES string of the molecule is Ic1ccn(CCOC2NCCO2)n1. The predicted octanol–water partition coefficient (Wildman–Crippen LogP) is 0.408. The van der Waals surface area contributed by atoms with E-state index in [-0.39, 0.29) is 6.41 Å². The Morgan fingerprint density at radius 2 is 2.71 bits per heavy atom. The first-order valence-electron chi connectivity index (χ1n) is 4.50. The molecule has 0 spiro atoms. The lowest BCUT2D eigenvalue weighted by Crippen LogP contribution is -2.27. The summed E-state index contributed by atoms with van der Waals surface area (Å²) in [5.74, 6) is 0. The van der Waals surface area contributed by atoms with Crippen LogP contribution >= 0.6 is 22.6 Å². The molecule has 6 heteroatoms. The average molecular weight is 309 g/mol. The van der Waals surface area contributed by atoms with Crippen LogP contribution < -0.4 is 5.32 Å². The molecule has 0 amide bonds. The standard InChI is InChI=1S/C8H12IN3O2/c9-7-1-3-12(11-7)4-6-14-8-10-2-5-13-8/h1,3,8,10H,2,4-6H2. The van der Waals surface area contributed by atoms with Crippen LogP contribution in [0.5, 0.6) is 0 Å². The van der Waals surface area contributed by atoms with Gasteiger partial charge in [-0.25, -0.2) is 0 Å². The van der Waals surface area contributed by atoms with Crippen molar-refractivity contribution in [2.45, 2.75) is 13.0 Å². The van der Waals surface area contributed by atoms with Gasteiger partial charge in [-0.15, -0.1) is 0 Å². The zero-order valence-corrected chi connectivity index (χ0v) is 9.81. The number of halogens is 1. The summed E-state index contributed by atoms with van der Waals surface area (Å²) in [4.78, 5) is 0. The molecule has 78 valence electrons. The van der Waals surface area contributed by atoms with Crippen LogP contribution in [0.15, 0.2) is 12.3 Å². The molecular weight excluding hydrogens is 297 g/mol. The second kappa shape index (κ2) is 5.06. The van der Waals surface area contributed by atoms with Crippen LogP contribution in [-0.2, 0) is 16.0 Å².